The molecule has 2 atom stereocenters. The Morgan fingerprint density at radius 3 is 2.54 bits per heavy atom. The van der Waals surface area contributed by atoms with Crippen molar-refractivity contribution in [2.75, 3.05) is 6.54 Å². The summed E-state index contributed by atoms with van der Waals surface area (Å²) in [5.41, 5.74) is 2.33. The van der Waals surface area contributed by atoms with Crippen molar-refractivity contribution in [1.82, 2.24) is 10.2 Å². The van der Waals surface area contributed by atoms with Crippen molar-refractivity contribution >= 4 is 11.8 Å². The zero-order valence-corrected chi connectivity index (χ0v) is 15.5. The van der Waals surface area contributed by atoms with E-state index in [9.17, 15) is 14.7 Å². The quantitative estimate of drug-likeness (QED) is 0.802. The van der Waals surface area contributed by atoms with Crippen molar-refractivity contribution in [3.8, 4) is 6.07 Å². The number of hydrogen-bond acceptors (Lipinski definition) is 4. The van der Waals surface area contributed by atoms with Crippen molar-refractivity contribution in [3.05, 3.63) is 71.3 Å². The molecule has 1 heterocycles. The minimum Gasteiger partial charge on any atom is -0.383 e. The number of nitrogens with one attached hydrogen (secondary N) is 1. The summed E-state index contributed by atoms with van der Waals surface area (Å²) in [4.78, 5) is 26.8. The number of likely N-dealkylation sites (tertiary alicyclic amines) is 1. The molecule has 0 saturated carbocycles. The van der Waals surface area contributed by atoms with Gasteiger partial charge in [0.2, 0.25) is 5.91 Å². The summed E-state index contributed by atoms with van der Waals surface area (Å²) < 4.78 is 0. The maximum Gasteiger partial charge on any atom is 0.252 e. The third-order valence-electron chi connectivity index (χ3n) is 4.95. The Bertz CT molecular complexity index is 859. The van der Waals surface area contributed by atoms with Crippen LogP contribution in [0.25, 0.3) is 0 Å². The van der Waals surface area contributed by atoms with E-state index in [0.29, 0.717) is 25.1 Å². The molecular weight excluding hydrogens is 354 g/mol. The van der Waals surface area contributed by atoms with Crippen molar-refractivity contribution in [3.63, 3.8) is 0 Å². The molecule has 0 aliphatic carbocycles. The van der Waals surface area contributed by atoms with E-state index < -0.39 is 18.1 Å². The zero-order valence-electron chi connectivity index (χ0n) is 15.5. The van der Waals surface area contributed by atoms with E-state index in [-0.39, 0.29) is 12.3 Å². The summed E-state index contributed by atoms with van der Waals surface area (Å²) in [6, 6.07) is 17.8. The van der Waals surface area contributed by atoms with Gasteiger partial charge >= 0.3 is 0 Å². The van der Waals surface area contributed by atoms with E-state index in [0.717, 1.165) is 17.5 Å². The minimum absolute atomic E-state index is 0.220. The number of rotatable bonds is 6. The Hall–Kier alpha value is -3.17. The molecule has 144 valence electrons. The van der Waals surface area contributed by atoms with E-state index in [1.165, 1.54) is 4.90 Å². The second-order valence-electron chi connectivity index (χ2n) is 6.92. The number of carbonyl (C=O) groups excluding carboxylic acids is 2. The first-order chi connectivity index (χ1) is 13.6. The van der Waals surface area contributed by atoms with Crippen LogP contribution >= 0.6 is 0 Å². The standard InChI is InChI=1S/C22H23N3O3/c23-14-17-8-10-18(11-9-17)15-24-21(27)19-7-4-12-25(19)22(28)20(26)13-16-5-2-1-3-6-16/h1-3,5-6,8-11,19-20,26H,4,7,12-13,15H2,(H,24,27)/t19-,20+/m0/s1. The first-order valence-corrected chi connectivity index (χ1v) is 9.37. The van der Waals surface area contributed by atoms with E-state index in [4.69, 9.17) is 5.26 Å². The topological polar surface area (TPSA) is 93.4 Å². The number of benzene rings is 2. The Morgan fingerprint density at radius 2 is 1.86 bits per heavy atom. The summed E-state index contributed by atoms with van der Waals surface area (Å²) in [6.07, 6.45) is 0.395. The van der Waals surface area contributed by atoms with E-state index in [2.05, 4.69) is 11.4 Å². The van der Waals surface area contributed by atoms with Crippen LogP contribution in [0.2, 0.25) is 0 Å². The lowest BCUT2D eigenvalue weighted by molar-refractivity contribution is -0.145. The van der Waals surface area contributed by atoms with Crippen LogP contribution < -0.4 is 5.32 Å². The third-order valence-corrected chi connectivity index (χ3v) is 4.95. The summed E-state index contributed by atoms with van der Waals surface area (Å²) >= 11 is 0. The largest absolute Gasteiger partial charge is 0.383 e. The number of aliphatic hydroxyl groups is 1. The average Bonchev–Trinajstić information content (AvgIpc) is 3.22. The number of nitriles is 1. The molecule has 6 nitrogen and oxygen atoms in total. The van der Waals surface area contributed by atoms with E-state index in [1.54, 1.807) is 24.3 Å². The summed E-state index contributed by atoms with van der Waals surface area (Å²) in [5, 5.41) is 22.0. The van der Waals surface area contributed by atoms with Gasteiger partial charge in [0.25, 0.3) is 5.91 Å². The van der Waals surface area contributed by atoms with Gasteiger partial charge in [-0.05, 0) is 36.1 Å². The molecule has 1 aliphatic rings. The minimum atomic E-state index is -1.16. The van der Waals surface area contributed by atoms with Gasteiger partial charge in [0.05, 0.1) is 11.6 Å². The lowest BCUT2D eigenvalue weighted by Crippen LogP contribution is -2.49. The SMILES string of the molecule is N#Cc1ccc(CNC(=O)[C@@H]2CCCN2C(=O)[C@H](O)Cc2ccccc2)cc1. The number of amides is 2. The molecule has 0 unspecified atom stereocenters. The summed E-state index contributed by atoms with van der Waals surface area (Å²) in [6.45, 7) is 0.801. The number of nitrogens with zero attached hydrogens (tertiary/aromatic N) is 2. The predicted octanol–water partition coefficient (Wildman–Crippen LogP) is 1.77. The van der Waals surface area contributed by atoms with Gasteiger partial charge in [-0.1, -0.05) is 42.5 Å². The van der Waals surface area contributed by atoms with Gasteiger partial charge in [0.15, 0.2) is 0 Å². The maximum absolute atomic E-state index is 12.7. The number of hydrogen-bond donors (Lipinski definition) is 2. The monoisotopic (exact) mass is 377 g/mol. The molecule has 1 fully saturated rings. The first-order valence-electron chi connectivity index (χ1n) is 9.37. The molecule has 1 aliphatic heterocycles. The van der Waals surface area contributed by atoms with Gasteiger partial charge in [-0.2, -0.15) is 5.26 Å². The maximum atomic E-state index is 12.7. The number of aliphatic hydroxyl groups excluding tert-OH is 1. The molecule has 2 aromatic carbocycles. The fourth-order valence-corrected chi connectivity index (χ4v) is 3.42. The Morgan fingerprint density at radius 1 is 1.14 bits per heavy atom. The molecule has 2 N–H and O–H groups in total. The van der Waals surface area contributed by atoms with Crippen molar-refractivity contribution < 1.29 is 14.7 Å². The molecule has 28 heavy (non-hydrogen) atoms. The van der Waals surface area contributed by atoms with Crippen molar-refractivity contribution in [2.45, 2.75) is 38.0 Å². The molecule has 2 aromatic rings. The average molecular weight is 377 g/mol. The summed E-state index contributed by atoms with van der Waals surface area (Å²) in [5.74, 6) is -0.623. The van der Waals surface area contributed by atoms with Crippen LogP contribution in [0.3, 0.4) is 0 Å². The fraction of sp³-hybridized carbons (Fsp3) is 0.318. The van der Waals surface area contributed by atoms with Gasteiger partial charge in [0, 0.05) is 19.5 Å². The molecule has 1 saturated heterocycles. The third kappa shape index (κ3) is 4.76. The second-order valence-corrected chi connectivity index (χ2v) is 6.92. The zero-order chi connectivity index (χ0) is 19.9. The molecular formula is C22H23N3O3. The first kappa shape index (κ1) is 19.6. The van der Waals surface area contributed by atoms with Gasteiger partial charge < -0.3 is 15.3 Å². The van der Waals surface area contributed by atoms with Crippen LogP contribution in [0.15, 0.2) is 54.6 Å². The summed E-state index contributed by atoms with van der Waals surface area (Å²) in [7, 11) is 0. The Balaban J connectivity index is 1.57. The Kier molecular flexibility index (Phi) is 6.41. The number of carbonyl (C=O) groups is 2. The van der Waals surface area contributed by atoms with Crippen LogP contribution in [0, 0.1) is 11.3 Å². The predicted molar refractivity (Wildman–Crippen MR) is 104 cm³/mol. The van der Waals surface area contributed by atoms with E-state index in [1.807, 2.05) is 30.3 Å². The highest BCUT2D eigenvalue weighted by Crippen LogP contribution is 2.20. The Labute approximate surface area is 164 Å². The fourth-order valence-electron chi connectivity index (χ4n) is 3.42. The molecule has 6 heteroatoms. The van der Waals surface area contributed by atoms with Crippen LogP contribution in [0.1, 0.15) is 29.5 Å². The van der Waals surface area contributed by atoms with Crippen molar-refractivity contribution in [2.24, 2.45) is 0 Å². The lowest BCUT2D eigenvalue weighted by Gasteiger charge is -2.26. The molecule has 0 radical (unpaired) electrons. The molecule has 0 aromatic heterocycles. The molecule has 3 rings (SSSR count). The van der Waals surface area contributed by atoms with Gasteiger partial charge in [-0.15, -0.1) is 0 Å². The lowest BCUT2D eigenvalue weighted by atomic mass is 10.1. The normalized spacial score (nSPS) is 17.0. The molecule has 0 bridgehead atoms. The van der Waals surface area contributed by atoms with Crippen LogP contribution in [-0.4, -0.2) is 40.5 Å². The molecule has 2 amide bonds. The van der Waals surface area contributed by atoms with Gasteiger partial charge in [0.1, 0.15) is 12.1 Å². The molecule has 0 spiro atoms. The van der Waals surface area contributed by atoms with Crippen LogP contribution in [0.5, 0.6) is 0 Å². The van der Waals surface area contributed by atoms with Crippen molar-refractivity contribution in [1.29, 1.82) is 5.26 Å². The van der Waals surface area contributed by atoms with Gasteiger partial charge in [-0.3, -0.25) is 9.59 Å². The smallest absolute Gasteiger partial charge is 0.252 e. The van der Waals surface area contributed by atoms with E-state index >= 15 is 0 Å². The highest BCUT2D eigenvalue weighted by Gasteiger charge is 2.36. The highest BCUT2D eigenvalue weighted by molar-refractivity contribution is 5.90. The van der Waals surface area contributed by atoms with Crippen LogP contribution in [-0.2, 0) is 22.6 Å². The van der Waals surface area contributed by atoms with Crippen LogP contribution in [0.4, 0.5) is 0 Å². The second kappa shape index (κ2) is 9.16. The highest BCUT2D eigenvalue weighted by atomic mass is 16.3. The van der Waals surface area contributed by atoms with Gasteiger partial charge in [-0.25, -0.2) is 0 Å².